The predicted molar refractivity (Wildman–Crippen MR) is 108 cm³/mol. The van der Waals surface area contributed by atoms with Gasteiger partial charge in [-0.2, -0.15) is 4.31 Å². The van der Waals surface area contributed by atoms with Crippen LogP contribution in [-0.4, -0.2) is 37.5 Å². The molecule has 0 aromatic heterocycles. The van der Waals surface area contributed by atoms with E-state index in [0.29, 0.717) is 35.8 Å². The second-order valence-corrected chi connectivity index (χ2v) is 9.10. The van der Waals surface area contributed by atoms with Crippen LogP contribution in [0.3, 0.4) is 0 Å². The molecule has 0 radical (unpaired) electrons. The monoisotopic (exact) mass is 400 g/mol. The molecule has 1 heterocycles. The molecule has 0 spiro atoms. The van der Waals surface area contributed by atoms with Gasteiger partial charge < -0.3 is 5.32 Å². The summed E-state index contributed by atoms with van der Waals surface area (Å²) in [5.74, 6) is -0.00645. The fourth-order valence-electron chi connectivity index (χ4n) is 3.25. The third-order valence-corrected chi connectivity index (χ3v) is 6.96. The number of anilines is 1. The summed E-state index contributed by atoms with van der Waals surface area (Å²) in [5, 5.41) is 2.71. The minimum atomic E-state index is -3.55. The van der Waals surface area contributed by atoms with Crippen molar-refractivity contribution in [3.05, 3.63) is 59.7 Å². The minimum absolute atomic E-state index is 0.145. The van der Waals surface area contributed by atoms with Gasteiger partial charge in [-0.1, -0.05) is 19.1 Å². The molecule has 2 aromatic carbocycles. The van der Waals surface area contributed by atoms with Crippen molar-refractivity contribution in [1.82, 2.24) is 4.31 Å². The van der Waals surface area contributed by atoms with Gasteiger partial charge in [0.15, 0.2) is 5.78 Å². The van der Waals surface area contributed by atoms with Gasteiger partial charge in [-0.15, -0.1) is 0 Å². The summed E-state index contributed by atoms with van der Waals surface area (Å²) in [6, 6.07) is 12.7. The van der Waals surface area contributed by atoms with Crippen LogP contribution in [0.5, 0.6) is 0 Å². The van der Waals surface area contributed by atoms with E-state index < -0.39 is 15.9 Å². The Morgan fingerprint density at radius 3 is 2.21 bits per heavy atom. The lowest BCUT2D eigenvalue weighted by atomic mass is 10.0. The third-order valence-electron chi connectivity index (χ3n) is 5.05. The smallest absolute Gasteiger partial charge is 0.255 e. The van der Waals surface area contributed by atoms with E-state index in [4.69, 9.17) is 0 Å². The zero-order valence-electron chi connectivity index (χ0n) is 16.0. The zero-order valence-corrected chi connectivity index (χ0v) is 16.8. The molecule has 1 fully saturated rings. The Kier molecular flexibility index (Phi) is 5.96. The molecule has 1 aliphatic heterocycles. The van der Waals surface area contributed by atoms with Crippen molar-refractivity contribution in [3.63, 3.8) is 0 Å². The van der Waals surface area contributed by atoms with Crippen LogP contribution in [0.25, 0.3) is 0 Å². The predicted octanol–water partition coefficient (Wildman–Crippen LogP) is 3.56. The van der Waals surface area contributed by atoms with Crippen molar-refractivity contribution in [3.8, 4) is 0 Å². The van der Waals surface area contributed by atoms with Crippen LogP contribution >= 0.6 is 0 Å². The van der Waals surface area contributed by atoms with Crippen LogP contribution in [0.1, 0.15) is 47.4 Å². The molecule has 7 heteroatoms. The summed E-state index contributed by atoms with van der Waals surface area (Å²) in [5.41, 5.74) is 1.18. The highest BCUT2D eigenvalue weighted by Gasteiger charge is 2.28. The first kappa shape index (κ1) is 20.2. The highest BCUT2D eigenvalue weighted by atomic mass is 32.2. The molecule has 6 nitrogen and oxygen atoms in total. The molecule has 0 unspecified atom stereocenters. The Bertz CT molecular complexity index is 976. The first-order valence-corrected chi connectivity index (χ1v) is 10.7. The van der Waals surface area contributed by atoms with Crippen molar-refractivity contribution in [2.24, 2.45) is 5.92 Å². The number of hydrogen-bond donors (Lipinski definition) is 1. The summed E-state index contributed by atoms with van der Waals surface area (Å²) in [6.45, 7) is 4.61. The molecule has 28 heavy (non-hydrogen) atoms. The second-order valence-electron chi connectivity index (χ2n) is 7.17. The van der Waals surface area contributed by atoms with Crippen molar-refractivity contribution >= 4 is 27.4 Å². The molecule has 1 saturated heterocycles. The standard InChI is InChI=1S/C21H24N2O4S/c1-15-11-13-23(14-12-15)28(26,27)18-9-7-17(8-10-18)21(25)22-20-6-4-3-5-19(20)16(2)24/h3-10,15H,11-14H2,1-2H3,(H,22,25). The number of nitrogens with zero attached hydrogens (tertiary/aromatic N) is 1. The molecule has 0 atom stereocenters. The molecule has 0 aliphatic carbocycles. The number of amides is 1. The Hall–Kier alpha value is -2.51. The van der Waals surface area contributed by atoms with Gasteiger partial charge in [0.1, 0.15) is 0 Å². The zero-order chi connectivity index (χ0) is 20.3. The van der Waals surface area contributed by atoms with Gasteiger partial charge >= 0.3 is 0 Å². The molecule has 2 aromatic rings. The number of benzene rings is 2. The fraction of sp³-hybridized carbons (Fsp3) is 0.333. The maximum atomic E-state index is 12.8. The number of para-hydroxylation sites is 1. The SMILES string of the molecule is CC(=O)c1ccccc1NC(=O)c1ccc(S(=O)(=O)N2CCC(C)CC2)cc1. The molecule has 1 amide bonds. The summed E-state index contributed by atoms with van der Waals surface area (Å²) in [6.07, 6.45) is 1.71. The number of hydrogen-bond acceptors (Lipinski definition) is 4. The quantitative estimate of drug-likeness (QED) is 0.778. The van der Waals surface area contributed by atoms with Crippen molar-refractivity contribution in [2.75, 3.05) is 18.4 Å². The molecular weight excluding hydrogens is 376 g/mol. The molecule has 3 rings (SSSR count). The number of carbonyl (C=O) groups is 2. The molecule has 1 N–H and O–H groups in total. The first-order chi connectivity index (χ1) is 13.3. The van der Waals surface area contributed by atoms with Gasteiger partial charge in [0, 0.05) is 24.2 Å². The lowest BCUT2D eigenvalue weighted by Crippen LogP contribution is -2.37. The van der Waals surface area contributed by atoms with Crippen LogP contribution in [0, 0.1) is 5.92 Å². The lowest BCUT2D eigenvalue weighted by Gasteiger charge is -2.29. The highest BCUT2D eigenvalue weighted by molar-refractivity contribution is 7.89. The van der Waals surface area contributed by atoms with E-state index in [1.54, 1.807) is 24.3 Å². The molecule has 0 saturated carbocycles. The summed E-state index contributed by atoms with van der Waals surface area (Å²) >= 11 is 0. The van der Waals surface area contributed by atoms with E-state index in [-0.39, 0.29) is 10.7 Å². The minimum Gasteiger partial charge on any atom is -0.321 e. The number of rotatable bonds is 5. The Balaban J connectivity index is 1.75. The maximum Gasteiger partial charge on any atom is 0.255 e. The van der Waals surface area contributed by atoms with E-state index in [1.165, 1.54) is 35.5 Å². The van der Waals surface area contributed by atoms with Crippen LogP contribution < -0.4 is 5.32 Å². The van der Waals surface area contributed by atoms with Crippen LogP contribution in [0.2, 0.25) is 0 Å². The van der Waals surface area contributed by atoms with Gasteiger partial charge in [0.25, 0.3) is 5.91 Å². The average molecular weight is 401 g/mol. The fourth-order valence-corrected chi connectivity index (χ4v) is 4.72. The maximum absolute atomic E-state index is 12.8. The largest absolute Gasteiger partial charge is 0.321 e. The van der Waals surface area contributed by atoms with E-state index in [1.807, 2.05) is 0 Å². The summed E-state index contributed by atoms with van der Waals surface area (Å²) < 4.78 is 27.1. The second kappa shape index (κ2) is 8.24. The van der Waals surface area contributed by atoms with Gasteiger partial charge in [-0.3, -0.25) is 9.59 Å². The van der Waals surface area contributed by atoms with Crippen molar-refractivity contribution in [2.45, 2.75) is 31.6 Å². The molecule has 0 bridgehead atoms. The Labute approximate surface area is 165 Å². The molecular formula is C21H24N2O4S. The average Bonchev–Trinajstić information content (AvgIpc) is 2.68. The number of sulfonamides is 1. The first-order valence-electron chi connectivity index (χ1n) is 9.30. The number of nitrogens with one attached hydrogen (secondary N) is 1. The van der Waals surface area contributed by atoms with Crippen LogP contribution in [0.15, 0.2) is 53.4 Å². The van der Waals surface area contributed by atoms with Gasteiger partial charge in [-0.05, 0) is 62.1 Å². The number of ketones is 1. The van der Waals surface area contributed by atoms with Crippen LogP contribution in [0.4, 0.5) is 5.69 Å². The van der Waals surface area contributed by atoms with Gasteiger partial charge in [0.2, 0.25) is 10.0 Å². The lowest BCUT2D eigenvalue weighted by molar-refractivity contribution is 0.101. The van der Waals surface area contributed by atoms with Crippen LogP contribution in [-0.2, 0) is 10.0 Å². The van der Waals surface area contributed by atoms with E-state index in [2.05, 4.69) is 12.2 Å². The molecule has 148 valence electrons. The Morgan fingerprint density at radius 1 is 1.00 bits per heavy atom. The number of piperidine rings is 1. The summed E-state index contributed by atoms with van der Waals surface area (Å²) in [4.78, 5) is 24.4. The van der Waals surface area contributed by atoms with Gasteiger partial charge in [0.05, 0.1) is 10.6 Å². The van der Waals surface area contributed by atoms with E-state index >= 15 is 0 Å². The van der Waals surface area contributed by atoms with Gasteiger partial charge in [-0.25, -0.2) is 8.42 Å². The topological polar surface area (TPSA) is 83.5 Å². The third kappa shape index (κ3) is 4.31. The molecule has 1 aliphatic rings. The normalized spacial score (nSPS) is 15.9. The number of carbonyl (C=O) groups excluding carboxylic acids is 2. The highest BCUT2D eigenvalue weighted by Crippen LogP contribution is 2.24. The van der Waals surface area contributed by atoms with Crippen molar-refractivity contribution < 1.29 is 18.0 Å². The van der Waals surface area contributed by atoms with E-state index in [0.717, 1.165) is 12.8 Å². The van der Waals surface area contributed by atoms with E-state index in [9.17, 15) is 18.0 Å². The Morgan fingerprint density at radius 2 is 1.61 bits per heavy atom. The summed E-state index contributed by atoms with van der Waals surface area (Å²) in [7, 11) is -3.55. The van der Waals surface area contributed by atoms with Crippen molar-refractivity contribution in [1.29, 1.82) is 0 Å². The number of Topliss-reactive ketones (excluding diaryl/α,β-unsaturated/α-hetero) is 1.